The Morgan fingerprint density at radius 3 is 2.12 bits per heavy atom. The van der Waals surface area contributed by atoms with Crippen LogP contribution in [0, 0.1) is 11.3 Å². The second-order valence-electron chi connectivity index (χ2n) is 7.50. The van der Waals surface area contributed by atoms with Crippen LogP contribution in [0.5, 0.6) is 0 Å². The summed E-state index contributed by atoms with van der Waals surface area (Å²) in [6.07, 6.45) is 18.5. The number of nitrogens with two attached hydrogens (primary N) is 1. The van der Waals surface area contributed by atoms with E-state index in [4.69, 9.17) is 10.5 Å². The zero-order chi connectivity index (χ0) is 18.5. The summed E-state index contributed by atoms with van der Waals surface area (Å²) in [5.41, 5.74) is 4.79. The van der Waals surface area contributed by atoms with Crippen molar-refractivity contribution in [2.24, 2.45) is 17.1 Å². The van der Waals surface area contributed by atoms with Gasteiger partial charge in [0.2, 0.25) is 0 Å². The van der Waals surface area contributed by atoms with Gasteiger partial charge in [-0.1, -0.05) is 64.5 Å². The summed E-state index contributed by atoms with van der Waals surface area (Å²) in [5, 5.41) is 0. The Bertz CT molecular complexity index is 433. The number of carbonyl (C=O) groups is 2. The van der Waals surface area contributed by atoms with Gasteiger partial charge in [0, 0.05) is 0 Å². The number of carbonyl (C=O) groups excluding carboxylic acids is 2. The molecule has 2 atom stereocenters. The molecule has 0 aromatic carbocycles. The summed E-state index contributed by atoms with van der Waals surface area (Å²) in [4.78, 5) is 23.3. The molecule has 0 aromatic rings. The molecule has 0 radical (unpaired) electrons. The number of hydrogen-bond acceptors (Lipinski definition) is 4. The molecule has 2 N–H and O–H groups in total. The van der Waals surface area contributed by atoms with Crippen molar-refractivity contribution in [3.05, 3.63) is 12.2 Å². The zero-order valence-electron chi connectivity index (χ0n) is 16.2. The molecule has 0 amide bonds. The van der Waals surface area contributed by atoms with Crippen LogP contribution >= 0.6 is 0 Å². The number of esters is 2. The minimum atomic E-state index is -0.620. The number of unbranched alkanes of at least 4 members (excludes halogenated alkanes) is 8. The number of allylic oxidation sites excluding steroid dienone is 2. The van der Waals surface area contributed by atoms with E-state index in [1.807, 2.05) is 0 Å². The Balaban J connectivity index is 2.06. The predicted octanol–water partition coefficient (Wildman–Crippen LogP) is 4.91. The van der Waals surface area contributed by atoms with Crippen molar-refractivity contribution in [2.45, 2.75) is 90.9 Å². The lowest BCUT2D eigenvalue weighted by Gasteiger charge is -2.14. The van der Waals surface area contributed by atoms with Gasteiger partial charge in [0.25, 0.3) is 0 Å². The fourth-order valence-corrected chi connectivity index (χ4v) is 3.45. The van der Waals surface area contributed by atoms with Crippen molar-refractivity contribution in [3.63, 3.8) is 0 Å². The van der Waals surface area contributed by atoms with Crippen molar-refractivity contribution in [1.29, 1.82) is 0 Å². The number of rotatable bonds is 14. The molecule has 1 aliphatic carbocycles. The van der Waals surface area contributed by atoms with Gasteiger partial charge in [-0.05, 0) is 44.4 Å². The molecule has 1 saturated carbocycles. The van der Waals surface area contributed by atoms with Crippen LogP contribution in [0.1, 0.15) is 90.9 Å². The molecule has 4 nitrogen and oxygen atoms in total. The molecule has 1 aliphatic rings. The number of ether oxygens (including phenoxy) is 1. The first-order valence-electron chi connectivity index (χ1n) is 10.2. The van der Waals surface area contributed by atoms with Gasteiger partial charge in [0.1, 0.15) is 0 Å². The first-order chi connectivity index (χ1) is 12.1. The third kappa shape index (κ3) is 8.17. The molecule has 0 aromatic heterocycles. The first kappa shape index (κ1) is 21.9. The van der Waals surface area contributed by atoms with Crippen molar-refractivity contribution in [3.8, 4) is 0 Å². The highest BCUT2D eigenvalue weighted by atomic mass is 16.6. The highest BCUT2D eigenvalue weighted by molar-refractivity contribution is 5.91. The van der Waals surface area contributed by atoms with E-state index in [0.29, 0.717) is 5.92 Å². The summed E-state index contributed by atoms with van der Waals surface area (Å²) in [6.45, 7) is 4.06. The van der Waals surface area contributed by atoms with E-state index < -0.39 is 11.4 Å². The maximum absolute atomic E-state index is 12.1. The molecule has 1 rings (SSSR count). The van der Waals surface area contributed by atoms with Gasteiger partial charge in [-0.3, -0.25) is 9.59 Å². The topological polar surface area (TPSA) is 69.4 Å². The standard InChI is InChI=1S/C21H37NO3/c1-3-4-5-6-7-8-9-10-11-12-13-14-15-21(16-18(21)2)20(24)25-19(23)17-22/h8-9,18H,3-7,10-17,22H2,1-2H3. The van der Waals surface area contributed by atoms with E-state index in [1.54, 1.807) is 0 Å². The third-order valence-electron chi connectivity index (χ3n) is 5.37. The van der Waals surface area contributed by atoms with Crippen LogP contribution in [0.3, 0.4) is 0 Å². The second-order valence-corrected chi connectivity index (χ2v) is 7.50. The molecule has 0 saturated heterocycles. The fourth-order valence-electron chi connectivity index (χ4n) is 3.45. The molecule has 2 unspecified atom stereocenters. The van der Waals surface area contributed by atoms with Gasteiger partial charge in [0.05, 0.1) is 12.0 Å². The summed E-state index contributed by atoms with van der Waals surface area (Å²) in [6, 6.07) is 0. The van der Waals surface area contributed by atoms with E-state index in [0.717, 1.165) is 32.1 Å². The van der Waals surface area contributed by atoms with E-state index in [9.17, 15) is 9.59 Å². The second kappa shape index (κ2) is 12.2. The highest BCUT2D eigenvalue weighted by Crippen LogP contribution is 2.56. The van der Waals surface area contributed by atoms with Crippen molar-refractivity contribution < 1.29 is 14.3 Å². The van der Waals surface area contributed by atoms with Gasteiger partial charge >= 0.3 is 11.9 Å². The molecule has 1 fully saturated rings. The quantitative estimate of drug-likeness (QED) is 0.209. The Morgan fingerprint density at radius 2 is 1.60 bits per heavy atom. The largest absolute Gasteiger partial charge is 0.392 e. The average Bonchev–Trinajstić information content (AvgIpc) is 3.27. The molecular weight excluding hydrogens is 314 g/mol. The monoisotopic (exact) mass is 351 g/mol. The zero-order valence-corrected chi connectivity index (χ0v) is 16.2. The molecule has 0 aliphatic heterocycles. The van der Waals surface area contributed by atoms with Crippen LogP contribution in [0.25, 0.3) is 0 Å². The van der Waals surface area contributed by atoms with E-state index in [2.05, 4.69) is 26.0 Å². The molecule has 144 valence electrons. The van der Waals surface area contributed by atoms with E-state index >= 15 is 0 Å². The lowest BCUT2D eigenvalue weighted by molar-refractivity contribution is -0.163. The van der Waals surface area contributed by atoms with Gasteiger partial charge in [-0.25, -0.2) is 0 Å². The molecule has 4 heteroatoms. The fraction of sp³-hybridized carbons (Fsp3) is 0.810. The Morgan fingerprint density at radius 1 is 1.04 bits per heavy atom. The Labute approximate surface area is 153 Å². The number of hydrogen-bond donors (Lipinski definition) is 1. The van der Waals surface area contributed by atoms with Crippen molar-refractivity contribution in [2.75, 3.05) is 6.54 Å². The minimum absolute atomic E-state index is 0.234. The molecule has 0 bridgehead atoms. The molecule has 0 spiro atoms. The van der Waals surface area contributed by atoms with Crippen LogP contribution < -0.4 is 5.73 Å². The van der Waals surface area contributed by atoms with Gasteiger partial charge in [-0.15, -0.1) is 0 Å². The van der Waals surface area contributed by atoms with Crippen molar-refractivity contribution >= 4 is 11.9 Å². The van der Waals surface area contributed by atoms with Crippen LogP contribution in [-0.4, -0.2) is 18.5 Å². The lowest BCUT2D eigenvalue weighted by Crippen LogP contribution is -2.27. The summed E-state index contributed by atoms with van der Waals surface area (Å²) in [5.74, 6) is -0.660. The summed E-state index contributed by atoms with van der Waals surface area (Å²) in [7, 11) is 0. The normalized spacial score (nSPS) is 22.3. The molecule has 25 heavy (non-hydrogen) atoms. The van der Waals surface area contributed by atoms with Crippen LogP contribution in [-0.2, 0) is 14.3 Å². The van der Waals surface area contributed by atoms with Gasteiger partial charge < -0.3 is 10.5 Å². The van der Waals surface area contributed by atoms with E-state index in [1.165, 1.54) is 44.9 Å². The first-order valence-corrected chi connectivity index (χ1v) is 10.2. The predicted molar refractivity (Wildman–Crippen MR) is 102 cm³/mol. The molecular formula is C21H37NO3. The Kier molecular flexibility index (Phi) is 10.7. The van der Waals surface area contributed by atoms with Crippen LogP contribution in [0.4, 0.5) is 0 Å². The average molecular weight is 352 g/mol. The van der Waals surface area contributed by atoms with E-state index in [-0.39, 0.29) is 12.5 Å². The highest BCUT2D eigenvalue weighted by Gasteiger charge is 2.58. The lowest BCUT2D eigenvalue weighted by atomic mass is 9.95. The third-order valence-corrected chi connectivity index (χ3v) is 5.37. The van der Waals surface area contributed by atoms with Crippen LogP contribution in [0.15, 0.2) is 12.2 Å². The van der Waals surface area contributed by atoms with Crippen LogP contribution in [0.2, 0.25) is 0 Å². The maximum Gasteiger partial charge on any atom is 0.327 e. The summed E-state index contributed by atoms with van der Waals surface area (Å²) >= 11 is 0. The SMILES string of the molecule is CCCCCCC=CCCCCCCC1(C(=O)OC(=O)CN)CC1C. The maximum atomic E-state index is 12.1. The summed E-state index contributed by atoms with van der Waals surface area (Å²) < 4.78 is 4.84. The van der Waals surface area contributed by atoms with Gasteiger partial charge in [-0.2, -0.15) is 0 Å². The Hall–Kier alpha value is -1.16. The smallest absolute Gasteiger partial charge is 0.327 e. The van der Waals surface area contributed by atoms with Crippen molar-refractivity contribution in [1.82, 2.24) is 0 Å². The molecule has 0 heterocycles. The van der Waals surface area contributed by atoms with Gasteiger partial charge in [0.15, 0.2) is 0 Å². The minimum Gasteiger partial charge on any atom is -0.392 e.